The summed E-state index contributed by atoms with van der Waals surface area (Å²) in [7, 11) is -1.49. The molecule has 3 N–H and O–H groups in total. The van der Waals surface area contributed by atoms with Gasteiger partial charge in [0, 0.05) is 23.8 Å². The minimum atomic E-state index is -3.28. The predicted octanol–water partition coefficient (Wildman–Crippen LogP) is 0.852. The van der Waals surface area contributed by atoms with Gasteiger partial charge in [-0.05, 0) is 31.3 Å². The van der Waals surface area contributed by atoms with E-state index in [2.05, 4.69) is 15.4 Å². The first-order valence-electron chi connectivity index (χ1n) is 5.85. The average Bonchev–Trinajstić information content (AvgIpc) is 2.30. The Bertz CT molecular complexity index is 526. The molecule has 1 aromatic rings. The lowest BCUT2D eigenvalue weighted by Crippen LogP contribution is -2.28. The highest BCUT2D eigenvalue weighted by Crippen LogP contribution is 2.15. The number of anilines is 2. The van der Waals surface area contributed by atoms with Crippen LogP contribution in [0, 0.1) is 5.92 Å². The number of sulfonamides is 1. The van der Waals surface area contributed by atoms with Crippen LogP contribution < -0.4 is 15.4 Å². The Kier molecular flexibility index (Phi) is 5.31. The minimum Gasteiger partial charge on any atom is -0.326 e. The third-order valence-corrected chi connectivity index (χ3v) is 3.02. The van der Waals surface area contributed by atoms with Gasteiger partial charge in [-0.25, -0.2) is 8.42 Å². The molecule has 1 amide bonds. The van der Waals surface area contributed by atoms with Gasteiger partial charge in [0.1, 0.15) is 0 Å². The van der Waals surface area contributed by atoms with Crippen LogP contribution in [-0.4, -0.2) is 34.2 Å². The zero-order valence-electron chi connectivity index (χ0n) is 11.2. The summed E-state index contributed by atoms with van der Waals surface area (Å²) in [6, 6.07) is 6.49. The smallest absolute Gasteiger partial charge is 0.229 e. The average molecular weight is 285 g/mol. The summed E-state index contributed by atoms with van der Waals surface area (Å²) >= 11 is 0. The number of benzene rings is 1. The molecule has 19 heavy (non-hydrogen) atoms. The molecule has 0 aliphatic carbocycles. The molecule has 0 bridgehead atoms. The van der Waals surface area contributed by atoms with Crippen LogP contribution in [0.25, 0.3) is 0 Å². The van der Waals surface area contributed by atoms with E-state index < -0.39 is 10.0 Å². The Morgan fingerprint density at radius 3 is 2.21 bits per heavy atom. The van der Waals surface area contributed by atoms with Crippen LogP contribution in [0.4, 0.5) is 11.4 Å². The summed E-state index contributed by atoms with van der Waals surface area (Å²) in [5.41, 5.74) is 1.09. The Morgan fingerprint density at radius 1 is 1.21 bits per heavy atom. The number of amides is 1. The Morgan fingerprint density at radius 2 is 1.74 bits per heavy atom. The van der Waals surface area contributed by atoms with Crippen molar-refractivity contribution in [2.45, 2.75) is 6.92 Å². The second kappa shape index (κ2) is 6.53. The molecular formula is C12H19N3O3S. The van der Waals surface area contributed by atoms with Crippen molar-refractivity contribution in [1.29, 1.82) is 0 Å². The van der Waals surface area contributed by atoms with Crippen molar-refractivity contribution < 1.29 is 13.2 Å². The highest BCUT2D eigenvalue weighted by Gasteiger charge is 2.11. The highest BCUT2D eigenvalue weighted by molar-refractivity contribution is 7.92. The SMILES string of the molecule is CNCC(C)C(=O)Nc1ccc(NS(C)(=O)=O)cc1. The molecule has 1 unspecified atom stereocenters. The first kappa shape index (κ1) is 15.5. The molecule has 0 heterocycles. The predicted molar refractivity (Wildman–Crippen MR) is 76.6 cm³/mol. The van der Waals surface area contributed by atoms with E-state index in [-0.39, 0.29) is 11.8 Å². The second-order valence-electron chi connectivity index (χ2n) is 4.40. The summed E-state index contributed by atoms with van der Waals surface area (Å²) in [5, 5.41) is 5.69. The van der Waals surface area contributed by atoms with Crippen LogP contribution in [0.2, 0.25) is 0 Å². The van der Waals surface area contributed by atoms with E-state index in [4.69, 9.17) is 0 Å². The molecule has 6 nitrogen and oxygen atoms in total. The number of hydrogen-bond donors (Lipinski definition) is 3. The van der Waals surface area contributed by atoms with Gasteiger partial charge in [-0.3, -0.25) is 9.52 Å². The molecule has 7 heteroatoms. The van der Waals surface area contributed by atoms with Gasteiger partial charge in [0.15, 0.2) is 0 Å². The molecule has 1 atom stereocenters. The van der Waals surface area contributed by atoms with Gasteiger partial charge in [-0.1, -0.05) is 6.92 Å². The van der Waals surface area contributed by atoms with Crippen molar-refractivity contribution in [1.82, 2.24) is 5.32 Å². The van der Waals surface area contributed by atoms with Crippen LogP contribution >= 0.6 is 0 Å². The first-order valence-corrected chi connectivity index (χ1v) is 7.74. The third-order valence-electron chi connectivity index (χ3n) is 2.41. The van der Waals surface area contributed by atoms with Gasteiger partial charge in [0.25, 0.3) is 0 Å². The maximum atomic E-state index is 11.8. The maximum Gasteiger partial charge on any atom is 0.229 e. The van der Waals surface area contributed by atoms with Crippen molar-refractivity contribution >= 4 is 27.3 Å². The summed E-state index contributed by atoms with van der Waals surface area (Å²) in [5.74, 6) is -0.225. The van der Waals surface area contributed by atoms with Gasteiger partial charge in [0.2, 0.25) is 15.9 Å². The summed E-state index contributed by atoms with van der Waals surface area (Å²) < 4.78 is 24.4. The molecule has 0 aliphatic heterocycles. The zero-order valence-corrected chi connectivity index (χ0v) is 12.0. The quantitative estimate of drug-likeness (QED) is 0.723. The van der Waals surface area contributed by atoms with E-state index in [9.17, 15) is 13.2 Å². The zero-order chi connectivity index (χ0) is 14.5. The van der Waals surface area contributed by atoms with Gasteiger partial charge >= 0.3 is 0 Å². The van der Waals surface area contributed by atoms with E-state index in [0.29, 0.717) is 17.9 Å². The number of carbonyl (C=O) groups excluding carboxylic acids is 1. The fraction of sp³-hybridized carbons (Fsp3) is 0.417. The van der Waals surface area contributed by atoms with E-state index in [1.807, 2.05) is 6.92 Å². The summed E-state index contributed by atoms with van der Waals surface area (Å²) in [6.07, 6.45) is 1.09. The van der Waals surface area contributed by atoms with Crippen LogP contribution in [0.15, 0.2) is 24.3 Å². The van der Waals surface area contributed by atoms with Crippen molar-refractivity contribution in [3.8, 4) is 0 Å². The lowest BCUT2D eigenvalue weighted by Gasteiger charge is -2.12. The minimum absolute atomic E-state index is 0.0850. The van der Waals surface area contributed by atoms with E-state index >= 15 is 0 Å². The Balaban J connectivity index is 2.64. The lowest BCUT2D eigenvalue weighted by atomic mass is 10.1. The number of rotatable bonds is 6. The number of carbonyl (C=O) groups is 1. The largest absolute Gasteiger partial charge is 0.326 e. The van der Waals surface area contributed by atoms with Crippen molar-refractivity contribution in [3.05, 3.63) is 24.3 Å². The Hall–Kier alpha value is -1.60. The Labute approximate surface area is 113 Å². The monoisotopic (exact) mass is 285 g/mol. The normalized spacial score (nSPS) is 12.8. The number of nitrogens with one attached hydrogen (secondary N) is 3. The van der Waals surface area contributed by atoms with Gasteiger partial charge < -0.3 is 10.6 Å². The van der Waals surface area contributed by atoms with Gasteiger partial charge in [-0.2, -0.15) is 0 Å². The van der Waals surface area contributed by atoms with Crippen LogP contribution in [0.3, 0.4) is 0 Å². The standard InChI is InChI=1S/C12H19N3O3S/c1-9(8-13-2)12(16)14-10-4-6-11(7-5-10)15-19(3,17)18/h4-7,9,13,15H,8H2,1-3H3,(H,14,16). The first-order chi connectivity index (χ1) is 8.81. The molecule has 0 saturated carbocycles. The second-order valence-corrected chi connectivity index (χ2v) is 6.15. The van der Waals surface area contributed by atoms with E-state index in [0.717, 1.165) is 6.26 Å². The fourth-order valence-corrected chi connectivity index (χ4v) is 2.06. The van der Waals surface area contributed by atoms with Gasteiger partial charge in [0.05, 0.1) is 6.26 Å². The molecule has 106 valence electrons. The lowest BCUT2D eigenvalue weighted by molar-refractivity contribution is -0.119. The topological polar surface area (TPSA) is 87.3 Å². The maximum absolute atomic E-state index is 11.8. The van der Waals surface area contributed by atoms with Crippen LogP contribution in [0.1, 0.15) is 6.92 Å². The van der Waals surface area contributed by atoms with Gasteiger partial charge in [-0.15, -0.1) is 0 Å². The van der Waals surface area contributed by atoms with Crippen molar-refractivity contribution in [3.63, 3.8) is 0 Å². The molecule has 1 aromatic carbocycles. The van der Waals surface area contributed by atoms with E-state index in [1.54, 1.807) is 31.3 Å². The highest BCUT2D eigenvalue weighted by atomic mass is 32.2. The van der Waals surface area contributed by atoms with Crippen LogP contribution in [-0.2, 0) is 14.8 Å². The molecule has 0 aliphatic rings. The molecular weight excluding hydrogens is 266 g/mol. The summed E-state index contributed by atoms with van der Waals surface area (Å²) in [6.45, 7) is 2.42. The molecule has 0 saturated heterocycles. The fourth-order valence-electron chi connectivity index (χ4n) is 1.50. The van der Waals surface area contributed by atoms with Crippen molar-refractivity contribution in [2.24, 2.45) is 5.92 Å². The molecule has 1 rings (SSSR count). The van der Waals surface area contributed by atoms with Crippen molar-refractivity contribution in [2.75, 3.05) is 29.9 Å². The van der Waals surface area contributed by atoms with E-state index in [1.165, 1.54) is 0 Å². The molecule has 0 spiro atoms. The summed E-state index contributed by atoms with van der Waals surface area (Å²) in [4.78, 5) is 11.8. The molecule has 0 radical (unpaired) electrons. The molecule has 0 fully saturated rings. The third kappa shape index (κ3) is 5.71. The molecule has 0 aromatic heterocycles. The van der Waals surface area contributed by atoms with Crippen LogP contribution in [0.5, 0.6) is 0 Å². The number of hydrogen-bond acceptors (Lipinski definition) is 4.